The molecule has 8 nitrogen and oxygen atoms in total. The summed E-state index contributed by atoms with van der Waals surface area (Å²) >= 11 is 0. The molecule has 2 bridgehead atoms. The van der Waals surface area contributed by atoms with Crippen molar-refractivity contribution in [3.05, 3.63) is 18.5 Å². The number of ether oxygens (including phenoxy) is 1. The number of hydrogen-bond acceptors (Lipinski definition) is 8. The Balaban J connectivity index is 1.76. The van der Waals surface area contributed by atoms with Gasteiger partial charge in [0.15, 0.2) is 0 Å². The van der Waals surface area contributed by atoms with Crippen LogP contribution in [-0.2, 0) is 4.74 Å². The van der Waals surface area contributed by atoms with Crippen molar-refractivity contribution >= 4 is 17.7 Å². The van der Waals surface area contributed by atoms with E-state index in [1.54, 1.807) is 12.4 Å². The van der Waals surface area contributed by atoms with E-state index in [0.717, 1.165) is 55.7 Å². The van der Waals surface area contributed by atoms with E-state index in [0.29, 0.717) is 12.1 Å². The topological polar surface area (TPSA) is 93.3 Å². The van der Waals surface area contributed by atoms with Gasteiger partial charge in [-0.1, -0.05) is 0 Å². The Morgan fingerprint density at radius 2 is 2.00 bits per heavy atom. The van der Waals surface area contributed by atoms with Gasteiger partial charge in [0, 0.05) is 43.7 Å². The summed E-state index contributed by atoms with van der Waals surface area (Å²) in [5, 5.41) is 0. The fraction of sp³-hybridized carbons (Fsp3) is 0.529. The number of fused-ring (bicyclic) bond motifs is 2. The van der Waals surface area contributed by atoms with Gasteiger partial charge in [-0.3, -0.25) is 0 Å². The molecule has 2 aliphatic heterocycles. The highest BCUT2D eigenvalue weighted by molar-refractivity contribution is 5.64. The van der Waals surface area contributed by atoms with Crippen LogP contribution in [0.5, 0.6) is 0 Å². The van der Waals surface area contributed by atoms with E-state index in [-0.39, 0.29) is 5.95 Å². The number of morpholine rings is 1. The van der Waals surface area contributed by atoms with Crippen molar-refractivity contribution in [2.75, 3.05) is 41.8 Å². The molecule has 132 valence electrons. The first-order valence-corrected chi connectivity index (χ1v) is 8.78. The molecular formula is C17H23N7O. The zero-order valence-corrected chi connectivity index (χ0v) is 14.6. The molecular weight excluding hydrogens is 318 g/mol. The van der Waals surface area contributed by atoms with Crippen LogP contribution in [0.3, 0.4) is 0 Å². The predicted octanol–water partition coefficient (Wildman–Crippen LogP) is 1.34. The number of aromatic nitrogens is 4. The van der Waals surface area contributed by atoms with Crippen molar-refractivity contribution in [1.82, 2.24) is 19.9 Å². The molecule has 0 spiro atoms. The molecule has 2 saturated heterocycles. The first-order chi connectivity index (χ1) is 12.2. The minimum Gasteiger partial charge on any atom is -0.374 e. The second kappa shape index (κ2) is 6.44. The number of hydrogen-bond donors (Lipinski definition) is 1. The van der Waals surface area contributed by atoms with E-state index in [4.69, 9.17) is 20.4 Å². The maximum Gasteiger partial charge on any atom is 0.227 e. The van der Waals surface area contributed by atoms with Gasteiger partial charge in [-0.2, -0.15) is 4.98 Å². The third kappa shape index (κ3) is 2.97. The summed E-state index contributed by atoms with van der Waals surface area (Å²) in [5.74, 6) is 1.94. The third-order valence-electron chi connectivity index (χ3n) is 4.91. The minimum absolute atomic E-state index is 0.260. The van der Waals surface area contributed by atoms with Gasteiger partial charge in [0.1, 0.15) is 5.82 Å². The normalized spacial score (nSPS) is 21.8. The highest BCUT2D eigenvalue weighted by atomic mass is 16.5. The quantitative estimate of drug-likeness (QED) is 0.871. The minimum atomic E-state index is 0.260. The monoisotopic (exact) mass is 341 g/mol. The van der Waals surface area contributed by atoms with Crippen LogP contribution >= 0.6 is 0 Å². The van der Waals surface area contributed by atoms with Crippen molar-refractivity contribution in [2.24, 2.45) is 0 Å². The van der Waals surface area contributed by atoms with Crippen molar-refractivity contribution in [2.45, 2.75) is 32.4 Å². The fourth-order valence-electron chi connectivity index (χ4n) is 3.52. The number of anilines is 3. The van der Waals surface area contributed by atoms with Crippen LogP contribution in [0.15, 0.2) is 18.5 Å². The zero-order valence-electron chi connectivity index (χ0n) is 14.6. The van der Waals surface area contributed by atoms with Crippen LogP contribution in [0, 0.1) is 0 Å². The molecule has 0 amide bonds. The summed E-state index contributed by atoms with van der Waals surface area (Å²) < 4.78 is 5.72. The standard InChI is InChI=1S/C17H23N7O/c1-3-23(4-2)17-21-14(11-7-19-16(18)20-8-11)6-15(22-17)24-9-13-5-12(24)10-25-13/h6-8,12-13H,3-5,9-10H2,1-2H3,(H2,18,19,20)/t12-,13-/m0/s1. The van der Waals surface area contributed by atoms with E-state index >= 15 is 0 Å². The molecule has 2 N–H and O–H groups in total. The lowest BCUT2D eigenvalue weighted by atomic mass is 10.2. The Labute approximate surface area is 147 Å². The van der Waals surface area contributed by atoms with Crippen molar-refractivity contribution < 1.29 is 4.74 Å². The molecule has 8 heteroatoms. The first kappa shape index (κ1) is 16.0. The Bertz CT molecular complexity index is 747. The molecule has 0 radical (unpaired) electrons. The Hall–Kier alpha value is -2.48. The molecule has 0 aliphatic carbocycles. The Morgan fingerprint density at radius 3 is 2.60 bits per heavy atom. The number of nitrogen functional groups attached to an aromatic ring is 1. The lowest BCUT2D eigenvalue weighted by Crippen LogP contribution is -2.38. The van der Waals surface area contributed by atoms with Crippen LogP contribution in [0.25, 0.3) is 11.3 Å². The van der Waals surface area contributed by atoms with Crippen LogP contribution in [-0.4, -0.2) is 58.3 Å². The van der Waals surface area contributed by atoms with Gasteiger partial charge in [-0.25, -0.2) is 15.0 Å². The summed E-state index contributed by atoms with van der Waals surface area (Å²) in [6.45, 7) is 7.58. The SMILES string of the molecule is CCN(CC)c1nc(-c2cnc(N)nc2)cc(N2C[C@@H]3C[C@H]2CO3)n1. The summed E-state index contributed by atoms with van der Waals surface area (Å²) in [5.41, 5.74) is 7.27. The van der Waals surface area contributed by atoms with Crippen molar-refractivity contribution in [3.8, 4) is 11.3 Å². The van der Waals surface area contributed by atoms with E-state index in [1.807, 2.05) is 6.07 Å². The molecule has 25 heavy (non-hydrogen) atoms. The predicted molar refractivity (Wildman–Crippen MR) is 96.5 cm³/mol. The molecule has 2 atom stereocenters. The maximum absolute atomic E-state index is 5.72. The van der Waals surface area contributed by atoms with E-state index in [1.165, 1.54) is 0 Å². The van der Waals surface area contributed by atoms with Gasteiger partial charge < -0.3 is 20.3 Å². The zero-order chi connectivity index (χ0) is 17.4. The van der Waals surface area contributed by atoms with E-state index in [9.17, 15) is 0 Å². The molecule has 2 aromatic rings. The van der Waals surface area contributed by atoms with Crippen molar-refractivity contribution in [1.29, 1.82) is 0 Å². The molecule has 0 aromatic carbocycles. The summed E-state index contributed by atoms with van der Waals surface area (Å²) in [6, 6.07) is 2.42. The lowest BCUT2D eigenvalue weighted by Gasteiger charge is -2.29. The van der Waals surface area contributed by atoms with Gasteiger partial charge in [-0.15, -0.1) is 0 Å². The molecule has 0 saturated carbocycles. The Morgan fingerprint density at radius 1 is 1.24 bits per heavy atom. The number of nitrogens with two attached hydrogens (primary N) is 1. The van der Waals surface area contributed by atoms with Crippen LogP contribution in [0.2, 0.25) is 0 Å². The second-order valence-electron chi connectivity index (χ2n) is 6.41. The number of rotatable bonds is 5. The molecule has 2 aliphatic rings. The van der Waals surface area contributed by atoms with Gasteiger partial charge in [0.2, 0.25) is 11.9 Å². The maximum atomic E-state index is 5.72. The molecule has 4 rings (SSSR count). The third-order valence-corrected chi connectivity index (χ3v) is 4.91. The number of nitrogens with zero attached hydrogens (tertiary/aromatic N) is 6. The van der Waals surface area contributed by atoms with E-state index < -0.39 is 0 Å². The van der Waals surface area contributed by atoms with Gasteiger partial charge >= 0.3 is 0 Å². The second-order valence-corrected chi connectivity index (χ2v) is 6.41. The lowest BCUT2D eigenvalue weighted by molar-refractivity contribution is 0.0989. The highest BCUT2D eigenvalue weighted by Crippen LogP contribution is 2.33. The van der Waals surface area contributed by atoms with Crippen LogP contribution in [0.4, 0.5) is 17.7 Å². The molecule has 2 fully saturated rings. The highest BCUT2D eigenvalue weighted by Gasteiger charge is 2.40. The van der Waals surface area contributed by atoms with Gasteiger partial charge in [0.25, 0.3) is 0 Å². The average Bonchev–Trinajstić information content (AvgIpc) is 3.26. The fourth-order valence-corrected chi connectivity index (χ4v) is 3.52. The molecule has 0 unspecified atom stereocenters. The average molecular weight is 341 g/mol. The van der Waals surface area contributed by atoms with Gasteiger partial charge in [-0.05, 0) is 20.3 Å². The van der Waals surface area contributed by atoms with Crippen LogP contribution in [0.1, 0.15) is 20.3 Å². The summed E-state index contributed by atoms with van der Waals surface area (Å²) in [6.07, 6.45) is 4.81. The largest absolute Gasteiger partial charge is 0.374 e. The van der Waals surface area contributed by atoms with Crippen LogP contribution < -0.4 is 15.5 Å². The Kier molecular flexibility index (Phi) is 4.12. The van der Waals surface area contributed by atoms with E-state index in [2.05, 4.69) is 33.6 Å². The van der Waals surface area contributed by atoms with Crippen molar-refractivity contribution in [3.63, 3.8) is 0 Å². The smallest absolute Gasteiger partial charge is 0.227 e. The summed E-state index contributed by atoms with van der Waals surface area (Å²) in [7, 11) is 0. The first-order valence-electron chi connectivity index (χ1n) is 8.78. The molecule has 4 heterocycles. The molecule has 2 aromatic heterocycles. The summed E-state index contributed by atoms with van der Waals surface area (Å²) in [4.78, 5) is 22.3. The van der Waals surface area contributed by atoms with Gasteiger partial charge in [0.05, 0.1) is 24.4 Å².